The quantitative estimate of drug-likeness (QED) is 0.230. The first-order chi connectivity index (χ1) is 19.6. The normalized spacial score (nSPS) is 19.6. The van der Waals surface area contributed by atoms with E-state index in [-0.39, 0.29) is 35.4 Å². The van der Waals surface area contributed by atoms with Crippen molar-refractivity contribution in [2.75, 3.05) is 46.6 Å². The summed E-state index contributed by atoms with van der Waals surface area (Å²) >= 11 is 0. The summed E-state index contributed by atoms with van der Waals surface area (Å²) in [6, 6.07) is 11.6. The van der Waals surface area contributed by atoms with Crippen LogP contribution in [0.2, 0.25) is 0 Å². The molecule has 13 nitrogen and oxygen atoms in total. The van der Waals surface area contributed by atoms with Crippen LogP contribution in [0.3, 0.4) is 0 Å². The summed E-state index contributed by atoms with van der Waals surface area (Å²) in [6.45, 7) is 4.00. The van der Waals surface area contributed by atoms with Crippen molar-refractivity contribution in [2.45, 2.75) is 38.3 Å². The largest absolute Gasteiger partial charge is 0.506 e. The molecule has 41 heavy (non-hydrogen) atoms. The zero-order chi connectivity index (χ0) is 29.1. The Kier molecular flexibility index (Phi) is 8.17. The van der Waals surface area contributed by atoms with Gasteiger partial charge in [-0.25, -0.2) is 0 Å². The van der Waals surface area contributed by atoms with E-state index in [2.05, 4.69) is 20.6 Å². The average Bonchev–Trinajstić information content (AvgIpc) is 2.94. The molecule has 2 aliphatic rings. The van der Waals surface area contributed by atoms with Crippen molar-refractivity contribution in [1.29, 1.82) is 0 Å². The number of aliphatic carboxylic acids is 1. The van der Waals surface area contributed by atoms with Gasteiger partial charge >= 0.3 is 5.97 Å². The number of rotatable bonds is 7. The van der Waals surface area contributed by atoms with E-state index in [1.807, 2.05) is 28.9 Å². The molecule has 13 heteroatoms. The lowest BCUT2D eigenvalue weighted by molar-refractivity contribution is -0.142. The van der Waals surface area contributed by atoms with E-state index in [1.165, 1.54) is 6.07 Å². The molecule has 2 aromatic carbocycles. The molecule has 0 radical (unpaired) electrons. The summed E-state index contributed by atoms with van der Waals surface area (Å²) in [5.41, 5.74) is 14.7. The number of aromatic hydroxyl groups is 1. The molecule has 0 saturated carbocycles. The number of piperidine rings is 2. The summed E-state index contributed by atoms with van der Waals surface area (Å²) in [5.74, 6) is -0.580. The van der Waals surface area contributed by atoms with Crippen molar-refractivity contribution in [3.8, 4) is 5.75 Å². The number of phenols is 1. The van der Waals surface area contributed by atoms with Gasteiger partial charge in [-0.05, 0) is 50.5 Å². The minimum absolute atomic E-state index is 0.124. The van der Waals surface area contributed by atoms with E-state index in [0.29, 0.717) is 68.6 Å². The maximum atomic E-state index is 12.6. The highest BCUT2D eigenvalue weighted by Crippen LogP contribution is 2.30. The number of aryl methyl sites for hydroxylation is 1. The highest BCUT2D eigenvalue weighted by atomic mass is 16.4. The second kappa shape index (κ2) is 11.9. The average molecular weight is 562 g/mol. The molecule has 0 aliphatic carbocycles. The molecule has 1 aromatic heterocycles. The van der Waals surface area contributed by atoms with Gasteiger partial charge in [-0.2, -0.15) is 15.0 Å². The highest BCUT2D eigenvalue weighted by molar-refractivity contribution is 6.05. The Morgan fingerprint density at radius 1 is 0.927 bits per heavy atom. The minimum Gasteiger partial charge on any atom is -0.506 e. The third-order valence-electron chi connectivity index (χ3n) is 7.35. The Morgan fingerprint density at radius 2 is 1.56 bits per heavy atom. The standard InChI is InChI=1S/C28H35N9O4/c1-16-2-4-17(5-3-16)24(39)32-22-7-6-21(13-23(22)38)31-26-33-27(36-10-8-18(9-11-36)25(40)41)35-28(34-26)37-14-19(29)12-20(30)15-37/h2-7,13,18-20,38H,8-12,14-15,29-30H2,1H3,(H,32,39)(H,40,41)(H,31,33,34,35)/t19-,20+. The van der Waals surface area contributed by atoms with Gasteiger partial charge in [0.05, 0.1) is 11.6 Å². The van der Waals surface area contributed by atoms with Gasteiger partial charge in [0.2, 0.25) is 17.8 Å². The predicted molar refractivity (Wildman–Crippen MR) is 156 cm³/mol. The van der Waals surface area contributed by atoms with Gasteiger partial charge in [-0.15, -0.1) is 0 Å². The van der Waals surface area contributed by atoms with E-state index in [0.717, 1.165) is 5.56 Å². The van der Waals surface area contributed by atoms with Crippen LogP contribution in [0.15, 0.2) is 42.5 Å². The molecule has 3 heterocycles. The number of aromatic nitrogens is 3. The molecule has 3 aromatic rings. The second-order valence-electron chi connectivity index (χ2n) is 10.7. The number of benzene rings is 2. The molecule has 216 valence electrons. The fraction of sp³-hybridized carbons (Fsp3) is 0.393. The van der Waals surface area contributed by atoms with Gasteiger partial charge < -0.3 is 42.1 Å². The van der Waals surface area contributed by atoms with Gasteiger partial charge in [-0.3, -0.25) is 9.59 Å². The molecule has 0 unspecified atom stereocenters. The van der Waals surface area contributed by atoms with Gasteiger partial charge in [0.25, 0.3) is 5.91 Å². The van der Waals surface area contributed by atoms with Gasteiger partial charge in [0.1, 0.15) is 5.75 Å². The molecule has 0 bridgehead atoms. The molecule has 0 spiro atoms. The van der Waals surface area contributed by atoms with E-state index in [9.17, 15) is 19.8 Å². The molecule has 8 N–H and O–H groups in total. The lowest BCUT2D eigenvalue weighted by Crippen LogP contribution is -2.53. The maximum absolute atomic E-state index is 12.6. The van der Waals surface area contributed by atoms with Crippen LogP contribution in [0, 0.1) is 12.8 Å². The number of nitrogens with one attached hydrogen (secondary N) is 2. The molecular formula is C28H35N9O4. The number of nitrogens with two attached hydrogens (primary N) is 2. The highest BCUT2D eigenvalue weighted by Gasteiger charge is 2.29. The van der Waals surface area contributed by atoms with E-state index < -0.39 is 11.9 Å². The van der Waals surface area contributed by atoms with Crippen LogP contribution >= 0.6 is 0 Å². The summed E-state index contributed by atoms with van der Waals surface area (Å²) in [7, 11) is 0. The fourth-order valence-electron chi connectivity index (χ4n) is 5.10. The van der Waals surface area contributed by atoms with Crippen LogP contribution in [-0.2, 0) is 4.79 Å². The smallest absolute Gasteiger partial charge is 0.306 e. The monoisotopic (exact) mass is 561 g/mol. The Morgan fingerprint density at radius 3 is 2.17 bits per heavy atom. The minimum atomic E-state index is -0.794. The lowest BCUT2D eigenvalue weighted by Gasteiger charge is -2.35. The number of hydrogen-bond acceptors (Lipinski definition) is 11. The summed E-state index contributed by atoms with van der Waals surface area (Å²) in [6.07, 6.45) is 1.68. The zero-order valence-corrected chi connectivity index (χ0v) is 22.8. The summed E-state index contributed by atoms with van der Waals surface area (Å²) < 4.78 is 0. The fourth-order valence-corrected chi connectivity index (χ4v) is 5.10. The van der Waals surface area contributed by atoms with E-state index in [1.54, 1.807) is 24.3 Å². The number of carboxylic acid groups (broad SMARTS) is 1. The van der Waals surface area contributed by atoms with Crippen LogP contribution in [-0.4, -0.2) is 75.3 Å². The second-order valence-corrected chi connectivity index (χ2v) is 10.7. The first-order valence-electron chi connectivity index (χ1n) is 13.6. The van der Waals surface area contributed by atoms with Crippen molar-refractivity contribution < 1.29 is 19.8 Å². The summed E-state index contributed by atoms with van der Waals surface area (Å²) in [5, 5.41) is 25.9. The SMILES string of the molecule is Cc1ccc(C(=O)Nc2ccc(Nc3nc(N4CCC(C(=O)O)CC4)nc(N4C[C@H](N)C[C@H](N)C4)n3)cc2O)cc1. The number of amides is 1. The van der Waals surface area contributed by atoms with Gasteiger partial charge in [0, 0.05) is 55.6 Å². The number of anilines is 5. The topological polar surface area (TPSA) is 196 Å². The van der Waals surface area contributed by atoms with Crippen molar-refractivity contribution in [1.82, 2.24) is 15.0 Å². The third kappa shape index (κ3) is 6.81. The first kappa shape index (κ1) is 28.1. The van der Waals surface area contributed by atoms with Crippen molar-refractivity contribution >= 4 is 41.1 Å². The summed E-state index contributed by atoms with van der Waals surface area (Å²) in [4.78, 5) is 41.8. The first-order valence-corrected chi connectivity index (χ1v) is 13.6. The molecular weight excluding hydrogens is 526 g/mol. The number of nitrogens with zero attached hydrogens (tertiary/aromatic N) is 5. The molecule has 2 saturated heterocycles. The number of phenolic OH excluding ortho intramolecular Hbond substituents is 1. The Hall–Kier alpha value is -4.49. The zero-order valence-electron chi connectivity index (χ0n) is 22.8. The maximum Gasteiger partial charge on any atom is 0.306 e. The molecule has 2 fully saturated rings. The number of carbonyl (C=O) groups excluding carboxylic acids is 1. The number of carboxylic acids is 1. The van der Waals surface area contributed by atoms with E-state index >= 15 is 0 Å². The lowest BCUT2D eigenvalue weighted by atomic mass is 9.97. The molecule has 1 amide bonds. The van der Waals surface area contributed by atoms with Gasteiger partial charge in [0.15, 0.2) is 0 Å². The Labute approximate surface area is 237 Å². The Bertz CT molecular complexity index is 1400. The van der Waals surface area contributed by atoms with Gasteiger partial charge in [-0.1, -0.05) is 17.7 Å². The van der Waals surface area contributed by atoms with Crippen molar-refractivity contribution in [3.63, 3.8) is 0 Å². The van der Waals surface area contributed by atoms with Crippen LogP contribution in [0.25, 0.3) is 0 Å². The number of hydrogen-bond donors (Lipinski definition) is 6. The van der Waals surface area contributed by atoms with Crippen molar-refractivity contribution in [3.05, 3.63) is 53.6 Å². The van der Waals surface area contributed by atoms with E-state index in [4.69, 9.17) is 16.5 Å². The third-order valence-corrected chi connectivity index (χ3v) is 7.35. The number of carbonyl (C=O) groups is 2. The van der Waals surface area contributed by atoms with Crippen LogP contribution in [0.1, 0.15) is 35.2 Å². The molecule has 2 aliphatic heterocycles. The molecule has 2 atom stereocenters. The van der Waals surface area contributed by atoms with Crippen molar-refractivity contribution in [2.24, 2.45) is 17.4 Å². The van der Waals surface area contributed by atoms with Crippen LogP contribution in [0.5, 0.6) is 5.75 Å². The van der Waals surface area contributed by atoms with Crippen LogP contribution < -0.4 is 31.9 Å². The van der Waals surface area contributed by atoms with Crippen LogP contribution in [0.4, 0.5) is 29.2 Å². The predicted octanol–water partition coefficient (Wildman–Crippen LogP) is 2.05. The Balaban J connectivity index is 1.37. The molecule has 5 rings (SSSR count).